The summed E-state index contributed by atoms with van der Waals surface area (Å²) in [6.45, 7) is 0. The van der Waals surface area contributed by atoms with Gasteiger partial charge in [-0.05, 0) is 23.6 Å². The van der Waals surface area contributed by atoms with E-state index in [0.29, 0.717) is 5.75 Å². The molecular weight excluding hydrogens is 366 g/mol. The summed E-state index contributed by atoms with van der Waals surface area (Å²) in [6.07, 6.45) is 1.68. The van der Waals surface area contributed by atoms with Gasteiger partial charge in [0.05, 0.1) is 38.6 Å². The fourth-order valence-corrected chi connectivity index (χ4v) is 3.34. The van der Waals surface area contributed by atoms with Gasteiger partial charge in [0.15, 0.2) is 11.4 Å². The maximum atomic E-state index is 12.8. The fraction of sp³-hybridized carbons (Fsp3) is 0.211. The molecule has 8 heteroatoms. The van der Waals surface area contributed by atoms with Crippen LogP contribution >= 0.6 is 11.3 Å². The summed E-state index contributed by atoms with van der Waals surface area (Å²) in [7, 11) is 2.80. The van der Waals surface area contributed by atoms with Crippen LogP contribution in [0.5, 0.6) is 5.75 Å². The second kappa shape index (κ2) is 8.50. The highest BCUT2D eigenvalue weighted by atomic mass is 32.1. The van der Waals surface area contributed by atoms with Gasteiger partial charge >= 0.3 is 5.97 Å². The Balaban J connectivity index is 1.85. The molecule has 0 saturated carbocycles. The highest BCUT2D eigenvalue weighted by Gasteiger charge is 2.24. The lowest BCUT2D eigenvalue weighted by Gasteiger charge is -2.16. The summed E-state index contributed by atoms with van der Waals surface area (Å²) in [5.74, 6) is -0.487. The van der Waals surface area contributed by atoms with E-state index in [2.05, 4.69) is 10.4 Å². The summed E-state index contributed by atoms with van der Waals surface area (Å²) >= 11 is 1.45. The van der Waals surface area contributed by atoms with E-state index < -0.39 is 17.9 Å². The number of carbonyl (C=O) groups excluding carboxylic acids is 2. The summed E-state index contributed by atoms with van der Waals surface area (Å²) in [4.78, 5) is 25.4. The number of hydrogen-bond donors (Lipinski definition) is 1. The Labute approximate surface area is 160 Å². The molecule has 3 rings (SSSR count). The third-order valence-corrected chi connectivity index (χ3v) is 4.91. The number of benzene rings is 1. The van der Waals surface area contributed by atoms with E-state index in [1.165, 1.54) is 25.6 Å². The molecule has 0 saturated heterocycles. The molecular formula is C19H19N3O4S. The quantitative estimate of drug-likeness (QED) is 0.632. The number of aromatic nitrogens is 2. The predicted octanol–water partition coefficient (Wildman–Crippen LogP) is 2.98. The number of methoxy groups -OCH3 is 2. The molecule has 0 aliphatic heterocycles. The van der Waals surface area contributed by atoms with Gasteiger partial charge in [-0.2, -0.15) is 5.10 Å². The molecule has 2 aromatic heterocycles. The average molecular weight is 385 g/mol. The first-order valence-corrected chi connectivity index (χ1v) is 9.10. The molecule has 0 radical (unpaired) electrons. The van der Waals surface area contributed by atoms with Crippen LogP contribution in [0, 0.1) is 0 Å². The van der Waals surface area contributed by atoms with Crippen LogP contribution in [-0.4, -0.2) is 35.9 Å². The molecule has 3 aromatic rings. The average Bonchev–Trinajstić information content (AvgIpc) is 3.37. The number of hydrogen-bond acceptors (Lipinski definition) is 6. The fourth-order valence-electron chi connectivity index (χ4n) is 2.57. The Bertz CT molecular complexity index is 906. The van der Waals surface area contributed by atoms with Gasteiger partial charge < -0.3 is 14.8 Å². The maximum absolute atomic E-state index is 12.8. The van der Waals surface area contributed by atoms with Crippen LogP contribution in [0.15, 0.2) is 54.0 Å². The molecule has 27 heavy (non-hydrogen) atoms. The molecule has 0 spiro atoms. The molecule has 1 atom stereocenters. The van der Waals surface area contributed by atoms with Crippen molar-refractivity contribution in [2.45, 2.75) is 12.5 Å². The summed E-state index contributed by atoms with van der Waals surface area (Å²) < 4.78 is 11.6. The molecule has 0 fully saturated rings. The first kappa shape index (κ1) is 18.7. The molecule has 7 nitrogen and oxygen atoms in total. The zero-order valence-electron chi connectivity index (χ0n) is 14.9. The van der Waals surface area contributed by atoms with E-state index in [9.17, 15) is 9.59 Å². The Morgan fingerprint density at radius 1 is 1.19 bits per heavy atom. The molecule has 0 bridgehead atoms. The highest BCUT2D eigenvalue weighted by Crippen LogP contribution is 2.25. The standard InChI is InChI=1S/C19H19N3O4S/c1-25-15-12-22(13-7-4-3-5-8-13)21-18(15)19(24)20-14(11-17(23)26-2)16-9-6-10-27-16/h3-10,12,14H,11H2,1-2H3,(H,20,24). The molecule has 140 valence electrons. The van der Waals surface area contributed by atoms with Crippen molar-refractivity contribution in [3.05, 3.63) is 64.6 Å². The number of nitrogens with one attached hydrogen (secondary N) is 1. The topological polar surface area (TPSA) is 82.5 Å². The number of rotatable bonds is 7. The van der Waals surface area contributed by atoms with Crippen LogP contribution in [0.1, 0.15) is 27.8 Å². The van der Waals surface area contributed by atoms with E-state index in [4.69, 9.17) is 9.47 Å². The Morgan fingerprint density at radius 3 is 2.59 bits per heavy atom. The van der Waals surface area contributed by atoms with E-state index in [1.807, 2.05) is 47.8 Å². The van der Waals surface area contributed by atoms with Crippen molar-refractivity contribution in [1.82, 2.24) is 15.1 Å². The van der Waals surface area contributed by atoms with Gasteiger partial charge in [0, 0.05) is 4.88 Å². The number of carbonyl (C=O) groups is 2. The molecule has 0 aliphatic rings. The van der Waals surface area contributed by atoms with Crippen molar-refractivity contribution in [3.8, 4) is 11.4 Å². The zero-order chi connectivity index (χ0) is 19.2. The summed E-state index contributed by atoms with van der Waals surface area (Å²) in [5, 5.41) is 9.09. The molecule has 1 unspecified atom stereocenters. The van der Waals surface area contributed by atoms with Gasteiger partial charge in [0.1, 0.15) is 0 Å². The van der Waals surface area contributed by atoms with Crippen LogP contribution < -0.4 is 10.1 Å². The largest absolute Gasteiger partial charge is 0.493 e. The molecule has 1 N–H and O–H groups in total. The third-order valence-electron chi connectivity index (χ3n) is 3.93. The Hall–Kier alpha value is -3.13. The van der Waals surface area contributed by atoms with E-state index in [-0.39, 0.29) is 12.1 Å². The number of para-hydroxylation sites is 1. The first-order chi connectivity index (χ1) is 13.1. The van der Waals surface area contributed by atoms with Crippen molar-refractivity contribution >= 4 is 23.2 Å². The van der Waals surface area contributed by atoms with Crippen LogP contribution in [0.2, 0.25) is 0 Å². The van der Waals surface area contributed by atoms with Gasteiger partial charge in [0.2, 0.25) is 0 Å². The number of ether oxygens (including phenoxy) is 2. The molecule has 1 aromatic carbocycles. The van der Waals surface area contributed by atoms with E-state index in [1.54, 1.807) is 10.9 Å². The van der Waals surface area contributed by atoms with Crippen molar-refractivity contribution in [1.29, 1.82) is 0 Å². The van der Waals surface area contributed by atoms with E-state index >= 15 is 0 Å². The second-order valence-corrected chi connectivity index (χ2v) is 6.63. The minimum atomic E-state index is -0.503. The Morgan fingerprint density at radius 2 is 1.96 bits per heavy atom. The van der Waals surface area contributed by atoms with Gasteiger partial charge in [-0.3, -0.25) is 9.59 Å². The third kappa shape index (κ3) is 4.35. The number of amides is 1. The summed E-state index contributed by atoms with van der Waals surface area (Å²) in [5.41, 5.74) is 0.951. The first-order valence-electron chi connectivity index (χ1n) is 8.22. The van der Waals surface area contributed by atoms with Crippen molar-refractivity contribution in [2.24, 2.45) is 0 Å². The minimum absolute atomic E-state index is 0.0322. The van der Waals surface area contributed by atoms with Gasteiger partial charge in [-0.1, -0.05) is 24.3 Å². The van der Waals surface area contributed by atoms with Crippen molar-refractivity contribution in [3.63, 3.8) is 0 Å². The van der Waals surface area contributed by atoms with Crippen LogP contribution in [-0.2, 0) is 9.53 Å². The molecule has 0 aliphatic carbocycles. The zero-order valence-corrected chi connectivity index (χ0v) is 15.7. The smallest absolute Gasteiger partial charge is 0.307 e. The monoisotopic (exact) mass is 385 g/mol. The lowest BCUT2D eigenvalue weighted by atomic mass is 10.1. The van der Waals surface area contributed by atoms with Crippen LogP contribution in [0.25, 0.3) is 5.69 Å². The van der Waals surface area contributed by atoms with Crippen molar-refractivity contribution < 1.29 is 19.1 Å². The second-order valence-electron chi connectivity index (χ2n) is 5.65. The van der Waals surface area contributed by atoms with Gasteiger partial charge in [-0.15, -0.1) is 11.3 Å². The Kier molecular flexibility index (Phi) is 5.87. The lowest BCUT2D eigenvalue weighted by molar-refractivity contribution is -0.141. The number of thiophene rings is 1. The van der Waals surface area contributed by atoms with Gasteiger partial charge in [0.25, 0.3) is 5.91 Å². The minimum Gasteiger partial charge on any atom is -0.493 e. The lowest BCUT2D eigenvalue weighted by Crippen LogP contribution is -2.30. The highest BCUT2D eigenvalue weighted by molar-refractivity contribution is 7.10. The normalized spacial score (nSPS) is 11.6. The number of nitrogens with zero attached hydrogens (tertiary/aromatic N) is 2. The van der Waals surface area contributed by atoms with Crippen LogP contribution in [0.3, 0.4) is 0 Å². The summed E-state index contributed by atoms with van der Waals surface area (Å²) in [6, 6.07) is 12.6. The molecule has 2 heterocycles. The maximum Gasteiger partial charge on any atom is 0.307 e. The van der Waals surface area contributed by atoms with Crippen LogP contribution in [0.4, 0.5) is 0 Å². The van der Waals surface area contributed by atoms with Crippen molar-refractivity contribution in [2.75, 3.05) is 14.2 Å². The SMILES string of the molecule is COC(=O)CC(NC(=O)c1nn(-c2ccccc2)cc1OC)c1cccs1. The predicted molar refractivity (Wildman–Crippen MR) is 101 cm³/mol. The number of esters is 1. The molecule has 1 amide bonds. The van der Waals surface area contributed by atoms with Gasteiger partial charge in [-0.25, -0.2) is 4.68 Å². The van der Waals surface area contributed by atoms with E-state index in [0.717, 1.165) is 10.6 Å².